The van der Waals surface area contributed by atoms with Crippen LogP contribution in [0.4, 0.5) is 0 Å². The van der Waals surface area contributed by atoms with Crippen LogP contribution in [0.2, 0.25) is 0 Å². The number of carbonyl (C=O) groups is 1. The average molecular weight is 433 g/mol. The van der Waals surface area contributed by atoms with Crippen molar-refractivity contribution in [2.45, 2.75) is 6.54 Å². The summed E-state index contributed by atoms with van der Waals surface area (Å²) >= 11 is 0.382. The zero-order valence-electron chi connectivity index (χ0n) is 13.9. The van der Waals surface area contributed by atoms with Gasteiger partial charge in [-0.2, -0.15) is 26.2 Å². The van der Waals surface area contributed by atoms with Crippen molar-refractivity contribution in [2.24, 2.45) is 0 Å². The molecule has 0 radical (unpaired) electrons. The van der Waals surface area contributed by atoms with Crippen molar-refractivity contribution in [1.82, 2.24) is 4.90 Å². The quantitative estimate of drug-likeness (QED) is 0.790. The Hall–Kier alpha value is -0.384. The summed E-state index contributed by atoms with van der Waals surface area (Å²) in [4.78, 5) is 13.2. The fraction of sp³-hybridized carbons (Fsp3) is 0.562. The zero-order chi connectivity index (χ0) is 18.3. The zero-order valence-corrected chi connectivity index (χ0v) is 16.5. The van der Waals surface area contributed by atoms with Gasteiger partial charge in [0.1, 0.15) is 0 Å². The molecule has 0 spiro atoms. The normalized spacial score (nSPS) is 17.7. The Kier molecular flexibility index (Phi) is 13.4. The molecular formula is C16H23Cl2CoN4O2-3. The van der Waals surface area contributed by atoms with Gasteiger partial charge in [0.25, 0.3) is 0 Å². The Morgan fingerprint density at radius 3 is 1.84 bits per heavy atom. The Labute approximate surface area is 164 Å². The maximum atomic E-state index is 10.9. The summed E-state index contributed by atoms with van der Waals surface area (Å²) < 4.78 is 0. The number of benzene rings is 1. The number of hydrogen-bond acceptors (Lipinski definition) is 2. The molecule has 1 aliphatic heterocycles. The van der Waals surface area contributed by atoms with Crippen LogP contribution in [0.1, 0.15) is 15.9 Å². The summed E-state index contributed by atoms with van der Waals surface area (Å²) in [6.07, 6.45) is 0. The summed E-state index contributed by atoms with van der Waals surface area (Å²) in [6.45, 7) is 7.40. The number of halogens is 2. The second-order valence-corrected chi connectivity index (χ2v) is 7.06. The van der Waals surface area contributed by atoms with Crippen molar-refractivity contribution in [1.29, 1.82) is 0 Å². The summed E-state index contributed by atoms with van der Waals surface area (Å²) in [5.41, 5.74) is 1.44. The van der Waals surface area contributed by atoms with Gasteiger partial charge in [-0.05, 0) is 30.8 Å². The van der Waals surface area contributed by atoms with Gasteiger partial charge in [0.2, 0.25) is 0 Å². The van der Waals surface area contributed by atoms with Crippen molar-refractivity contribution < 1.29 is 22.8 Å². The summed E-state index contributed by atoms with van der Waals surface area (Å²) in [6, 6.07) is 7.08. The van der Waals surface area contributed by atoms with Gasteiger partial charge < -0.3 is 26.0 Å². The van der Waals surface area contributed by atoms with Crippen LogP contribution in [0.3, 0.4) is 0 Å². The van der Waals surface area contributed by atoms with Crippen LogP contribution in [0, 0.1) is 0 Å². The maximum absolute atomic E-state index is 10.9. The Balaban J connectivity index is 0.000000970. The number of carboxylic acid groups (broad SMARTS) is 1. The minimum absolute atomic E-state index is 0.325. The first kappa shape index (κ1) is 22.7. The number of aromatic carboxylic acids is 1. The number of hydrogen-bond donors (Lipinski definition) is 1. The number of carboxylic acids is 1. The van der Waals surface area contributed by atoms with E-state index in [9.17, 15) is 4.79 Å². The molecule has 1 N–H and O–H groups in total. The van der Waals surface area contributed by atoms with Gasteiger partial charge in [-0.25, -0.2) is 4.79 Å². The van der Waals surface area contributed by atoms with E-state index in [1.807, 2.05) is 12.1 Å². The van der Waals surface area contributed by atoms with Crippen molar-refractivity contribution >= 4 is 26.3 Å². The molecule has 25 heavy (non-hydrogen) atoms. The van der Waals surface area contributed by atoms with E-state index in [0.717, 1.165) is 64.5 Å². The van der Waals surface area contributed by atoms with Gasteiger partial charge >= 0.3 is 39.2 Å². The van der Waals surface area contributed by atoms with E-state index in [2.05, 4.69) is 20.9 Å². The molecule has 1 aromatic carbocycles. The van der Waals surface area contributed by atoms with Crippen LogP contribution in [-0.2, 0) is 19.4 Å². The number of rotatable bonds is 3. The molecule has 0 bridgehead atoms. The van der Waals surface area contributed by atoms with Crippen LogP contribution in [0.15, 0.2) is 24.3 Å². The molecule has 0 aromatic heterocycles. The van der Waals surface area contributed by atoms with E-state index >= 15 is 0 Å². The van der Waals surface area contributed by atoms with E-state index in [0.29, 0.717) is 18.5 Å². The predicted molar refractivity (Wildman–Crippen MR) is 99.7 cm³/mol. The third-order valence-electron chi connectivity index (χ3n) is 3.59. The Morgan fingerprint density at radius 1 is 0.960 bits per heavy atom. The first-order valence-corrected chi connectivity index (χ1v) is 10.8. The predicted octanol–water partition coefficient (Wildman–Crippen LogP) is 3.70. The molecule has 6 nitrogen and oxygen atoms in total. The van der Waals surface area contributed by atoms with E-state index in [-0.39, 0.29) is 0 Å². The third-order valence-corrected chi connectivity index (χ3v) is 3.59. The summed E-state index contributed by atoms with van der Waals surface area (Å²) in [7, 11) is 9.47. The van der Waals surface area contributed by atoms with Crippen LogP contribution in [0.5, 0.6) is 0 Å². The monoisotopic (exact) mass is 432 g/mol. The molecular weight excluding hydrogens is 410 g/mol. The van der Waals surface area contributed by atoms with Gasteiger partial charge in [-0.1, -0.05) is 12.1 Å². The van der Waals surface area contributed by atoms with E-state index in [1.165, 1.54) is 0 Å². The molecule has 1 heterocycles. The van der Waals surface area contributed by atoms with Crippen LogP contribution >= 0.6 is 20.3 Å². The van der Waals surface area contributed by atoms with Gasteiger partial charge in [0, 0.05) is 6.54 Å². The van der Waals surface area contributed by atoms with Gasteiger partial charge in [0.05, 0.1) is 5.56 Å². The van der Waals surface area contributed by atoms with Crippen LogP contribution < -0.4 is 0 Å². The third kappa shape index (κ3) is 11.0. The Bertz CT molecular complexity index is 468. The van der Waals surface area contributed by atoms with Crippen LogP contribution in [0.25, 0.3) is 16.0 Å². The van der Waals surface area contributed by atoms with E-state index in [4.69, 9.17) is 25.4 Å². The van der Waals surface area contributed by atoms with Gasteiger partial charge in [-0.15, -0.1) is 13.1 Å². The second-order valence-electron chi connectivity index (χ2n) is 5.34. The molecule has 0 saturated carbocycles. The first-order valence-electron chi connectivity index (χ1n) is 7.95. The van der Waals surface area contributed by atoms with Gasteiger partial charge in [-0.3, -0.25) is 0 Å². The molecule has 1 aromatic rings. The molecule has 9 heteroatoms. The van der Waals surface area contributed by atoms with Crippen molar-refractivity contribution in [3.8, 4) is 0 Å². The van der Waals surface area contributed by atoms with Crippen molar-refractivity contribution in [3.63, 3.8) is 0 Å². The number of nitrogens with zero attached hydrogens (tertiary/aromatic N) is 4. The molecule has 1 fully saturated rings. The standard InChI is InChI=1S/C16H23N4O2.2ClH.Co/c21-16(22)15-3-1-14(2-4-15)13-20-11-9-18-7-5-17-6-8-19-10-12-20;;;/h1-4H,5-13H2,(H,21,22);2*1H;/q-3;;;+2/p-2. The molecule has 0 unspecified atom stereocenters. The molecule has 0 atom stereocenters. The molecule has 0 amide bonds. The molecule has 1 aliphatic rings. The Morgan fingerprint density at radius 2 is 1.40 bits per heavy atom. The van der Waals surface area contributed by atoms with E-state index in [1.54, 1.807) is 12.1 Å². The average Bonchev–Trinajstić information content (AvgIpc) is 2.58. The fourth-order valence-corrected chi connectivity index (χ4v) is 2.32. The first-order chi connectivity index (χ1) is 12.2. The summed E-state index contributed by atoms with van der Waals surface area (Å²) in [5, 5.41) is 22.3. The van der Waals surface area contributed by atoms with Crippen LogP contribution in [-0.4, -0.2) is 68.3 Å². The SMILES string of the molecule is O=C(O)c1ccc(CN2CC[N-]CC[N-]CC[N-]CC2)cc1.[Cl][Co][Cl]. The van der Waals surface area contributed by atoms with Crippen molar-refractivity contribution in [3.05, 3.63) is 51.3 Å². The second kappa shape index (κ2) is 14.8. The molecule has 2 rings (SSSR count). The van der Waals surface area contributed by atoms with E-state index < -0.39 is 5.97 Å². The minimum atomic E-state index is -0.888. The fourth-order valence-electron chi connectivity index (χ4n) is 2.32. The molecule has 0 aliphatic carbocycles. The van der Waals surface area contributed by atoms with Gasteiger partial charge in [0.15, 0.2) is 0 Å². The topological polar surface area (TPSA) is 82.8 Å². The van der Waals surface area contributed by atoms with Crippen molar-refractivity contribution in [2.75, 3.05) is 52.4 Å². The molecule has 145 valence electrons. The summed E-state index contributed by atoms with van der Waals surface area (Å²) in [5.74, 6) is -0.888. The molecule has 1 saturated heterocycles.